The van der Waals surface area contributed by atoms with Gasteiger partial charge < -0.3 is 9.30 Å². The Balaban J connectivity index is 1.42. The first-order valence-corrected chi connectivity index (χ1v) is 11.7. The van der Waals surface area contributed by atoms with Crippen LogP contribution in [0.25, 0.3) is 21.7 Å². The first kappa shape index (κ1) is 23.7. The van der Waals surface area contributed by atoms with E-state index in [9.17, 15) is 14.9 Å². The van der Waals surface area contributed by atoms with E-state index < -0.39 is 4.92 Å². The Bertz CT molecular complexity index is 1670. The molecule has 8 heteroatoms. The third-order valence-corrected chi connectivity index (χ3v) is 6.44. The number of ether oxygens (including phenoxy) is 1. The number of aromatic nitrogens is 1. The summed E-state index contributed by atoms with van der Waals surface area (Å²) in [5.74, 6) is 0.105. The van der Waals surface area contributed by atoms with Gasteiger partial charge >= 0.3 is 0 Å². The van der Waals surface area contributed by atoms with Crippen LogP contribution in [0.1, 0.15) is 27.2 Å². The van der Waals surface area contributed by atoms with Crippen molar-refractivity contribution in [3.05, 3.63) is 117 Å². The first-order chi connectivity index (χ1) is 18.0. The van der Waals surface area contributed by atoms with Crippen molar-refractivity contribution in [2.24, 2.45) is 5.10 Å². The van der Waals surface area contributed by atoms with Crippen LogP contribution in [0.2, 0.25) is 0 Å². The van der Waals surface area contributed by atoms with Crippen molar-refractivity contribution in [1.82, 2.24) is 9.99 Å². The molecule has 0 atom stereocenters. The molecule has 8 nitrogen and oxygen atoms in total. The standard InChI is InChI=1S/C29H24N4O4/c1-19-26(17-30-31-29(34)25-15-21-7-3-4-8-22(21)16-28(25)37-2)24-9-5-6-10-27(24)32(19)18-20-11-13-23(14-12-20)33(35)36/h3-17H,18H2,1-2H3,(H,31,34)/b30-17-. The van der Waals surface area contributed by atoms with Gasteiger partial charge in [-0.05, 0) is 41.5 Å². The number of benzene rings is 4. The van der Waals surface area contributed by atoms with E-state index in [0.29, 0.717) is 17.9 Å². The molecule has 0 unspecified atom stereocenters. The summed E-state index contributed by atoms with van der Waals surface area (Å²) < 4.78 is 7.57. The van der Waals surface area contributed by atoms with E-state index in [1.54, 1.807) is 24.4 Å². The number of hydrogen-bond donors (Lipinski definition) is 1. The van der Waals surface area contributed by atoms with Crippen LogP contribution in [0.15, 0.2) is 90.0 Å². The van der Waals surface area contributed by atoms with Gasteiger partial charge in [-0.25, -0.2) is 5.43 Å². The first-order valence-electron chi connectivity index (χ1n) is 11.7. The summed E-state index contributed by atoms with van der Waals surface area (Å²) in [5.41, 5.74) is 6.87. The quantitative estimate of drug-likeness (QED) is 0.175. The topological polar surface area (TPSA) is 98.8 Å². The Hall–Kier alpha value is -4.98. The lowest BCUT2D eigenvalue weighted by molar-refractivity contribution is -0.384. The predicted molar refractivity (Wildman–Crippen MR) is 144 cm³/mol. The van der Waals surface area contributed by atoms with Crippen molar-refractivity contribution < 1.29 is 14.5 Å². The number of amides is 1. The van der Waals surface area contributed by atoms with Crippen LogP contribution in [-0.4, -0.2) is 28.7 Å². The maximum absolute atomic E-state index is 13.0. The molecule has 1 heterocycles. The van der Waals surface area contributed by atoms with E-state index in [4.69, 9.17) is 4.74 Å². The maximum Gasteiger partial charge on any atom is 0.275 e. The summed E-state index contributed by atoms with van der Waals surface area (Å²) in [4.78, 5) is 23.5. The lowest BCUT2D eigenvalue weighted by Crippen LogP contribution is -2.18. The zero-order valence-corrected chi connectivity index (χ0v) is 20.3. The summed E-state index contributed by atoms with van der Waals surface area (Å²) in [6, 6.07) is 25.9. The monoisotopic (exact) mass is 492 g/mol. The van der Waals surface area contributed by atoms with Crippen molar-refractivity contribution in [2.45, 2.75) is 13.5 Å². The number of nitrogens with one attached hydrogen (secondary N) is 1. The van der Waals surface area contributed by atoms with Crippen LogP contribution in [0.4, 0.5) is 5.69 Å². The lowest BCUT2D eigenvalue weighted by Gasteiger charge is -2.09. The average molecular weight is 493 g/mol. The molecule has 1 N–H and O–H groups in total. The lowest BCUT2D eigenvalue weighted by atomic mass is 10.1. The summed E-state index contributed by atoms with van der Waals surface area (Å²) >= 11 is 0. The molecule has 5 aromatic rings. The molecule has 0 aliphatic rings. The number of non-ortho nitro benzene ring substituents is 1. The van der Waals surface area contributed by atoms with Gasteiger partial charge in [0, 0.05) is 40.8 Å². The average Bonchev–Trinajstić information content (AvgIpc) is 3.18. The van der Waals surface area contributed by atoms with Gasteiger partial charge in [0.1, 0.15) is 5.75 Å². The van der Waals surface area contributed by atoms with E-state index in [2.05, 4.69) is 15.1 Å². The van der Waals surface area contributed by atoms with Gasteiger partial charge in [0.05, 0.1) is 23.8 Å². The summed E-state index contributed by atoms with van der Waals surface area (Å²) in [6.45, 7) is 2.53. The zero-order valence-electron chi connectivity index (χ0n) is 20.3. The minimum atomic E-state index is -0.406. The van der Waals surface area contributed by atoms with E-state index >= 15 is 0 Å². The number of nitro benzene ring substituents is 1. The smallest absolute Gasteiger partial charge is 0.275 e. The molecule has 37 heavy (non-hydrogen) atoms. The number of nitrogens with zero attached hydrogens (tertiary/aromatic N) is 3. The normalized spacial score (nSPS) is 11.3. The van der Waals surface area contributed by atoms with Crippen LogP contribution < -0.4 is 10.2 Å². The second-order valence-corrected chi connectivity index (χ2v) is 8.62. The molecule has 0 saturated carbocycles. The van der Waals surface area contributed by atoms with Crippen LogP contribution in [0.3, 0.4) is 0 Å². The van der Waals surface area contributed by atoms with E-state index in [1.165, 1.54) is 19.2 Å². The third kappa shape index (κ3) is 4.64. The van der Waals surface area contributed by atoms with Gasteiger partial charge in [-0.1, -0.05) is 54.6 Å². The largest absolute Gasteiger partial charge is 0.496 e. The number of methoxy groups -OCH3 is 1. The fourth-order valence-electron chi connectivity index (χ4n) is 4.51. The fraction of sp³-hybridized carbons (Fsp3) is 0.103. The number of carbonyl (C=O) groups is 1. The Morgan fingerprint density at radius 3 is 2.41 bits per heavy atom. The molecule has 0 fully saturated rings. The second-order valence-electron chi connectivity index (χ2n) is 8.62. The number of rotatable bonds is 7. The maximum atomic E-state index is 13.0. The number of fused-ring (bicyclic) bond motifs is 2. The van der Waals surface area contributed by atoms with Crippen LogP contribution in [-0.2, 0) is 6.54 Å². The van der Waals surface area contributed by atoms with Gasteiger partial charge in [0.25, 0.3) is 11.6 Å². The molecule has 0 spiro atoms. The molecule has 0 saturated heterocycles. The molecule has 1 aromatic heterocycles. The number of nitro groups is 1. The SMILES string of the molecule is COc1cc2ccccc2cc1C(=O)N/N=C\c1c(C)n(Cc2ccc([N+](=O)[O-])cc2)c2ccccc12. The molecule has 0 radical (unpaired) electrons. The molecule has 184 valence electrons. The van der Waals surface area contributed by atoms with E-state index in [0.717, 1.165) is 38.5 Å². The third-order valence-electron chi connectivity index (χ3n) is 6.44. The Labute approximate surface area is 212 Å². The van der Waals surface area contributed by atoms with Gasteiger partial charge in [0.15, 0.2) is 0 Å². The van der Waals surface area contributed by atoms with Crippen molar-refractivity contribution in [1.29, 1.82) is 0 Å². The molecule has 4 aromatic carbocycles. The van der Waals surface area contributed by atoms with Gasteiger partial charge in [-0.15, -0.1) is 0 Å². The number of carbonyl (C=O) groups excluding carboxylic acids is 1. The molecular weight excluding hydrogens is 468 g/mol. The molecule has 1 amide bonds. The van der Waals surface area contributed by atoms with Crippen molar-refractivity contribution in [2.75, 3.05) is 7.11 Å². The molecule has 0 bridgehead atoms. The highest BCUT2D eigenvalue weighted by atomic mass is 16.6. The molecule has 0 aliphatic carbocycles. The Kier molecular flexibility index (Phi) is 6.38. The highest BCUT2D eigenvalue weighted by Crippen LogP contribution is 2.27. The van der Waals surface area contributed by atoms with E-state index in [-0.39, 0.29) is 11.6 Å². The molecule has 0 aliphatic heterocycles. The fourth-order valence-corrected chi connectivity index (χ4v) is 4.51. The Morgan fingerprint density at radius 1 is 1.03 bits per heavy atom. The number of hydrogen-bond acceptors (Lipinski definition) is 5. The van der Waals surface area contributed by atoms with Gasteiger partial charge in [-0.2, -0.15) is 5.10 Å². The van der Waals surface area contributed by atoms with Crippen LogP contribution in [0, 0.1) is 17.0 Å². The zero-order chi connectivity index (χ0) is 25.9. The second kappa shape index (κ2) is 9.94. The number of hydrazone groups is 1. The van der Waals surface area contributed by atoms with Crippen LogP contribution >= 0.6 is 0 Å². The van der Waals surface area contributed by atoms with Crippen molar-refractivity contribution >= 4 is 39.5 Å². The summed E-state index contributed by atoms with van der Waals surface area (Å²) in [6.07, 6.45) is 1.65. The minimum Gasteiger partial charge on any atom is -0.496 e. The van der Waals surface area contributed by atoms with Gasteiger partial charge in [-0.3, -0.25) is 14.9 Å². The molecular formula is C29H24N4O4. The van der Waals surface area contributed by atoms with Gasteiger partial charge in [0.2, 0.25) is 0 Å². The highest BCUT2D eigenvalue weighted by molar-refractivity contribution is 6.04. The van der Waals surface area contributed by atoms with Crippen molar-refractivity contribution in [3.63, 3.8) is 0 Å². The van der Waals surface area contributed by atoms with Crippen molar-refractivity contribution in [3.8, 4) is 5.75 Å². The predicted octanol–water partition coefficient (Wildman–Crippen LogP) is 5.83. The Morgan fingerprint density at radius 2 is 1.70 bits per heavy atom. The minimum absolute atomic E-state index is 0.0597. The summed E-state index contributed by atoms with van der Waals surface area (Å²) in [7, 11) is 1.54. The highest BCUT2D eigenvalue weighted by Gasteiger charge is 2.15. The number of para-hydroxylation sites is 1. The molecule has 5 rings (SSSR count). The summed E-state index contributed by atoms with van der Waals surface area (Å²) in [5, 5.41) is 18.2. The van der Waals surface area contributed by atoms with Crippen LogP contribution in [0.5, 0.6) is 5.75 Å². The van der Waals surface area contributed by atoms with E-state index in [1.807, 2.05) is 61.5 Å².